The van der Waals surface area contributed by atoms with Crippen molar-refractivity contribution >= 4 is 8.32 Å². The van der Waals surface area contributed by atoms with Crippen LogP contribution in [-0.2, 0) is 4.43 Å². The molecule has 0 atom stereocenters. The molecule has 0 aliphatic heterocycles. The van der Waals surface area contributed by atoms with Gasteiger partial charge in [0, 0.05) is 6.61 Å². The van der Waals surface area contributed by atoms with E-state index in [9.17, 15) is 0 Å². The summed E-state index contributed by atoms with van der Waals surface area (Å²) in [6.07, 6.45) is 0.708. The molecule has 0 saturated carbocycles. The highest BCUT2D eigenvalue weighted by atomic mass is 28.4. The van der Waals surface area contributed by atoms with E-state index in [0.29, 0.717) is 6.42 Å². The second-order valence-electron chi connectivity index (χ2n) is 6.10. The molecule has 1 N–H and O–H groups in total. The second kappa shape index (κ2) is 4.33. The van der Waals surface area contributed by atoms with E-state index in [1.807, 2.05) is 0 Å². The van der Waals surface area contributed by atoms with E-state index in [2.05, 4.69) is 47.7 Å². The Morgan fingerprint density at radius 3 is 1.79 bits per heavy atom. The van der Waals surface area contributed by atoms with E-state index in [-0.39, 0.29) is 17.2 Å². The van der Waals surface area contributed by atoms with Crippen LogP contribution in [0.1, 0.15) is 41.0 Å². The molecular formula is C11H26O2Si. The van der Waals surface area contributed by atoms with Gasteiger partial charge in [0.2, 0.25) is 0 Å². The van der Waals surface area contributed by atoms with Gasteiger partial charge in [-0.25, -0.2) is 0 Å². The van der Waals surface area contributed by atoms with E-state index in [4.69, 9.17) is 9.53 Å². The lowest BCUT2D eigenvalue weighted by molar-refractivity contribution is 0.0622. The average molecular weight is 218 g/mol. The molecule has 0 fully saturated rings. The Morgan fingerprint density at radius 2 is 1.50 bits per heavy atom. The Kier molecular flexibility index (Phi) is 4.37. The number of hydrogen-bond acceptors (Lipinski definition) is 2. The van der Waals surface area contributed by atoms with Crippen LogP contribution in [0.15, 0.2) is 0 Å². The van der Waals surface area contributed by atoms with Gasteiger partial charge in [0.25, 0.3) is 0 Å². The summed E-state index contributed by atoms with van der Waals surface area (Å²) in [7, 11) is -1.69. The summed E-state index contributed by atoms with van der Waals surface area (Å²) in [5, 5.41) is 9.17. The van der Waals surface area contributed by atoms with Crippen LogP contribution in [0.25, 0.3) is 0 Å². The van der Waals surface area contributed by atoms with Gasteiger partial charge >= 0.3 is 0 Å². The zero-order valence-electron chi connectivity index (χ0n) is 10.8. The van der Waals surface area contributed by atoms with E-state index in [1.165, 1.54) is 0 Å². The second-order valence-corrected chi connectivity index (χ2v) is 10.8. The predicted octanol–water partition coefficient (Wildman–Crippen LogP) is 3.17. The third kappa shape index (κ3) is 4.11. The summed E-state index contributed by atoms with van der Waals surface area (Å²) in [6.45, 7) is 15.5. The van der Waals surface area contributed by atoms with Crippen molar-refractivity contribution in [2.75, 3.05) is 6.61 Å². The van der Waals surface area contributed by atoms with Crippen molar-refractivity contribution in [2.24, 2.45) is 0 Å². The largest absolute Gasteiger partial charge is 0.412 e. The maximum absolute atomic E-state index is 8.94. The summed E-state index contributed by atoms with van der Waals surface area (Å²) in [5.74, 6) is 0. The Labute approximate surface area is 89.8 Å². The maximum Gasteiger partial charge on any atom is 0.192 e. The normalized spacial score (nSPS) is 14.6. The van der Waals surface area contributed by atoms with Gasteiger partial charge in [-0.15, -0.1) is 0 Å². The average Bonchev–Trinajstić information content (AvgIpc) is 1.80. The SMILES string of the molecule is CC(C)(CCO)O[Si](C)(C)C(C)(C)C. The van der Waals surface area contributed by atoms with Crippen LogP contribution < -0.4 is 0 Å². The fourth-order valence-corrected chi connectivity index (χ4v) is 2.95. The lowest BCUT2D eigenvalue weighted by Gasteiger charge is -2.42. The minimum atomic E-state index is -1.69. The topological polar surface area (TPSA) is 29.5 Å². The van der Waals surface area contributed by atoms with Crippen molar-refractivity contribution in [3.05, 3.63) is 0 Å². The number of rotatable bonds is 4. The molecule has 86 valence electrons. The lowest BCUT2D eigenvalue weighted by atomic mass is 10.1. The molecule has 0 heterocycles. The quantitative estimate of drug-likeness (QED) is 0.734. The first-order valence-electron chi connectivity index (χ1n) is 5.33. The summed E-state index contributed by atoms with van der Waals surface area (Å²) < 4.78 is 6.21. The summed E-state index contributed by atoms with van der Waals surface area (Å²) in [5.41, 5.74) is -0.197. The molecule has 0 aliphatic carbocycles. The number of aliphatic hydroxyl groups is 1. The Bertz CT molecular complexity index is 180. The van der Waals surface area contributed by atoms with Gasteiger partial charge in [-0.1, -0.05) is 20.8 Å². The lowest BCUT2D eigenvalue weighted by Crippen LogP contribution is -2.47. The van der Waals surface area contributed by atoms with Gasteiger partial charge < -0.3 is 9.53 Å². The van der Waals surface area contributed by atoms with E-state index >= 15 is 0 Å². The highest BCUT2D eigenvalue weighted by Gasteiger charge is 2.41. The molecule has 0 aromatic heterocycles. The zero-order valence-corrected chi connectivity index (χ0v) is 11.8. The van der Waals surface area contributed by atoms with Crippen LogP contribution >= 0.6 is 0 Å². The molecule has 14 heavy (non-hydrogen) atoms. The smallest absolute Gasteiger partial charge is 0.192 e. The summed E-state index contributed by atoms with van der Waals surface area (Å²) >= 11 is 0. The van der Waals surface area contributed by atoms with Crippen molar-refractivity contribution in [3.8, 4) is 0 Å². The van der Waals surface area contributed by atoms with Crippen molar-refractivity contribution in [3.63, 3.8) is 0 Å². The molecule has 2 nitrogen and oxygen atoms in total. The van der Waals surface area contributed by atoms with Crippen LogP contribution in [0.2, 0.25) is 18.1 Å². The molecule has 0 saturated heterocycles. The predicted molar refractivity (Wildman–Crippen MR) is 64.1 cm³/mol. The van der Waals surface area contributed by atoms with Gasteiger partial charge in [0.15, 0.2) is 8.32 Å². The molecule has 0 bridgehead atoms. The van der Waals surface area contributed by atoms with Gasteiger partial charge in [-0.05, 0) is 38.4 Å². The van der Waals surface area contributed by atoms with Crippen molar-refractivity contribution < 1.29 is 9.53 Å². The summed E-state index contributed by atoms with van der Waals surface area (Å²) in [6, 6.07) is 0. The third-order valence-corrected chi connectivity index (χ3v) is 7.73. The molecule has 0 radical (unpaired) electrons. The van der Waals surface area contributed by atoms with E-state index < -0.39 is 8.32 Å². The molecular weight excluding hydrogens is 192 g/mol. The fraction of sp³-hybridized carbons (Fsp3) is 1.00. The first-order valence-corrected chi connectivity index (χ1v) is 8.24. The van der Waals surface area contributed by atoms with Gasteiger partial charge in [0.1, 0.15) is 0 Å². The molecule has 0 spiro atoms. The van der Waals surface area contributed by atoms with E-state index in [1.54, 1.807) is 0 Å². The molecule has 0 aromatic rings. The van der Waals surface area contributed by atoms with Crippen molar-refractivity contribution in [1.82, 2.24) is 0 Å². The van der Waals surface area contributed by atoms with Crippen molar-refractivity contribution in [2.45, 2.75) is 64.8 Å². The van der Waals surface area contributed by atoms with Crippen LogP contribution in [0.4, 0.5) is 0 Å². The van der Waals surface area contributed by atoms with Gasteiger partial charge in [0.05, 0.1) is 5.60 Å². The Morgan fingerprint density at radius 1 is 1.07 bits per heavy atom. The molecule has 0 unspecified atom stereocenters. The number of aliphatic hydroxyl groups excluding tert-OH is 1. The van der Waals surface area contributed by atoms with Crippen LogP contribution in [0.5, 0.6) is 0 Å². The Hall–Kier alpha value is 0.137. The maximum atomic E-state index is 8.94. The minimum Gasteiger partial charge on any atom is -0.412 e. The number of hydrogen-bond donors (Lipinski definition) is 1. The molecule has 0 aromatic carbocycles. The van der Waals surface area contributed by atoms with E-state index in [0.717, 1.165) is 0 Å². The fourth-order valence-electron chi connectivity index (χ4n) is 1.16. The molecule has 0 rings (SSSR count). The first-order chi connectivity index (χ1) is 6.02. The molecule has 3 heteroatoms. The highest BCUT2D eigenvalue weighted by molar-refractivity contribution is 6.74. The molecule has 0 amide bonds. The monoisotopic (exact) mass is 218 g/mol. The zero-order chi connectivity index (χ0) is 11.6. The van der Waals surface area contributed by atoms with Gasteiger partial charge in [-0.2, -0.15) is 0 Å². The standard InChI is InChI=1S/C11H26O2Si/c1-10(2,3)14(6,7)13-11(4,5)8-9-12/h12H,8-9H2,1-7H3. The van der Waals surface area contributed by atoms with Crippen LogP contribution in [0.3, 0.4) is 0 Å². The van der Waals surface area contributed by atoms with Crippen LogP contribution in [0, 0.1) is 0 Å². The van der Waals surface area contributed by atoms with Crippen molar-refractivity contribution in [1.29, 1.82) is 0 Å². The highest BCUT2D eigenvalue weighted by Crippen LogP contribution is 2.39. The van der Waals surface area contributed by atoms with Crippen LogP contribution in [-0.4, -0.2) is 25.6 Å². The van der Waals surface area contributed by atoms with Gasteiger partial charge in [-0.3, -0.25) is 0 Å². The first kappa shape index (κ1) is 14.1. The Balaban J connectivity index is 4.50. The minimum absolute atomic E-state index is 0.196. The third-order valence-electron chi connectivity index (χ3n) is 3.05. The molecule has 0 aliphatic rings. The summed E-state index contributed by atoms with van der Waals surface area (Å²) in [4.78, 5) is 0.